The van der Waals surface area contributed by atoms with Crippen LogP contribution in [-0.4, -0.2) is 11.5 Å². The van der Waals surface area contributed by atoms with E-state index in [9.17, 15) is 4.79 Å². The molecule has 0 aliphatic rings. The van der Waals surface area contributed by atoms with Crippen LogP contribution < -0.4 is 0 Å². The minimum absolute atomic E-state index is 0.0325. The highest BCUT2D eigenvalue weighted by atomic mass is 35.5. The molecule has 0 fully saturated rings. The highest BCUT2D eigenvalue weighted by molar-refractivity contribution is 7.99. The van der Waals surface area contributed by atoms with E-state index in [1.807, 2.05) is 12.1 Å². The molecule has 0 saturated heterocycles. The van der Waals surface area contributed by atoms with Crippen LogP contribution in [0.1, 0.15) is 16.1 Å². The molecule has 1 aromatic carbocycles. The molecule has 0 aliphatic heterocycles. The van der Waals surface area contributed by atoms with E-state index in [1.165, 1.54) is 11.8 Å². The van der Waals surface area contributed by atoms with Gasteiger partial charge in [0, 0.05) is 5.56 Å². The Morgan fingerprint density at radius 1 is 1.22 bits per heavy atom. The van der Waals surface area contributed by atoms with Crippen molar-refractivity contribution in [2.24, 2.45) is 0 Å². The molecular formula is C13H10Cl2O2S. The lowest BCUT2D eigenvalue weighted by Crippen LogP contribution is -2.02. The van der Waals surface area contributed by atoms with Crippen molar-refractivity contribution < 1.29 is 9.21 Å². The Morgan fingerprint density at radius 2 is 2.06 bits per heavy atom. The fourth-order valence-electron chi connectivity index (χ4n) is 1.39. The first-order chi connectivity index (χ1) is 8.66. The molecule has 2 aromatic rings. The largest absolute Gasteiger partial charge is 0.468 e. The molecule has 2 nitrogen and oxygen atoms in total. The second-order valence-corrected chi connectivity index (χ2v) is 5.42. The van der Waals surface area contributed by atoms with Gasteiger partial charge in [0.05, 0.1) is 27.8 Å². The highest BCUT2D eigenvalue weighted by Crippen LogP contribution is 2.23. The number of furan rings is 1. The van der Waals surface area contributed by atoms with Gasteiger partial charge in [0.2, 0.25) is 0 Å². The number of ketones is 1. The van der Waals surface area contributed by atoms with Gasteiger partial charge in [-0.25, -0.2) is 0 Å². The lowest BCUT2D eigenvalue weighted by molar-refractivity contribution is 0.102. The average Bonchev–Trinajstić information content (AvgIpc) is 2.85. The molecular weight excluding hydrogens is 291 g/mol. The Labute approximate surface area is 119 Å². The van der Waals surface area contributed by atoms with Crippen LogP contribution in [0.15, 0.2) is 41.0 Å². The first-order valence-corrected chi connectivity index (χ1v) is 7.16. The molecule has 0 aliphatic carbocycles. The van der Waals surface area contributed by atoms with E-state index < -0.39 is 0 Å². The fourth-order valence-corrected chi connectivity index (χ4v) is 2.51. The van der Waals surface area contributed by atoms with Gasteiger partial charge in [-0.3, -0.25) is 4.79 Å². The molecule has 2 rings (SSSR count). The third kappa shape index (κ3) is 3.55. The molecule has 0 N–H and O–H groups in total. The molecule has 0 amide bonds. The van der Waals surface area contributed by atoms with Gasteiger partial charge in [-0.05, 0) is 30.3 Å². The van der Waals surface area contributed by atoms with Gasteiger partial charge in [-0.1, -0.05) is 23.2 Å². The van der Waals surface area contributed by atoms with E-state index in [-0.39, 0.29) is 5.78 Å². The third-order valence-corrected chi connectivity index (χ3v) is 3.99. The molecule has 0 unspecified atom stereocenters. The molecule has 94 valence electrons. The van der Waals surface area contributed by atoms with Crippen LogP contribution >= 0.6 is 35.0 Å². The van der Waals surface area contributed by atoms with Gasteiger partial charge >= 0.3 is 0 Å². The summed E-state index contributed by atoms with van der Waals surface area (Å²) in [6.07, 6.45) is 1.62. The molecule has 1 aromatic heterocycles. The van der Waals surface area contributed by atoms with Gasteiger partial charge in [0.15, 0.2) is 5.78 Å². The van der Waals surface area contributed by atoms with Crippen molar-refractivity contribution in [1.29, 1.82) is 0 Å². The van der Waals surface area contributed by atoms with Crippen LogP contribution in [0.4, 0.5) is 0 Å². The first kappa shape index (κ1) is 13.5. The Kier molecular flexibility index (Phi) is 4.75. The SMILES string of the molecule is O=C(CSCc1ccco1)c1ccc(Cl)c(Cl)c1. The molecule has 0 radical (unpaired) electrons. The molecule has 1 heterocycles. The van der Waals surface area contributed by atoms with Gasteiger partial charge < -0.3 is 4.42 Å². The van der Waals surface area contributed by atoms with Crippen LogP contribution in [-0.2, 0) is 5.75 Å². The maximum absolute atomic E-state index is 11.9. The number of benzene rings is 1. The van der Waals surface area contributed by atoms with E-state index in [4.69, 9.17) is 27.6 Å². The smallest absolute Gasteiger partial charge is 0.172 e. The van der Waals surface area contributed by atoms with Crippen molar-refractivity contribution in [3.63, 3.8) is 0 Å². The van der Waals surface area contributed by atoms with E-state index >= 15 is 0 Å². The van der Waals surface area contributed by atoms with E-state index in [0.717, 1.165) is 5.76 Å². The summed E-state index contributed by atoms with van der Waals surface area (Å²) in [7, 11) is 0. The molecule has 5 heteroatoms. The van der Waals surface area contributed by atoms with Gasteiger partial charge in [-0.15, -0.1) is 11.8 Å². The zero-order chi connectivity index (χ0) is 13.0. The quantitative estimate of drug-likeness (QED) is 0.750. The number of hydrogen-bond donors (Lipinski definition) is 0. The summed E-state index contributed by atoms with van der Waals surface area (Å²) in [4.78, 5) is 11.9. The van der Waals surface area contributed by atoms with Crippen molar-refractivity contribution in [2.45, 2.75) is 5.75 Å². The monoisotopic (exact) mass is 300 g/mol. The summed E-state index contributed by atoms with van der Waals surface area (Å²) in [5, 5.41) is 0.856. The van der Waals surface area contributed by atoms with Crippen molar-refractivity contribution in [1.82, 2.24) is 0 Å². The molecule has 0 atom stereocenters. The summed E-state index contributed by atoms with van der Waals surface area (Å²) in [6.45, 7) is 0. The van der Waals surface area contributed by atoms with Crippen LogP contribution in [0.3, 0.4) is 0 Å². The van der Waals surface area contributed by atoms with Crippen LogP contribution in [0.25, 0.3) is 0 Å². The summed E-state index contributed by atoms with van der Waals surface area (Å²) in [5.74, 6) is 1.96. The number of carbonyl (C=O) groups excluding carboxylic acids is 1. The summed E-state index contributed by atoms with van der Waals surface area (Å²) in [6, 6.07) is 8.63. The van der Waals surface area contributed by atoms with E-state index in [0.29, 0.717) is 27.1 Å². The summed E-state index contributed by atoms with van der Waals surface area (Å²) in [5.41, 5.74) is 0.580. The molecule has 0 spiro atoms. The number of thioether (sulfide) groups is 1. The Bertz CT molecular complexity index is 538. The predicted molar refractivity (Wildman–Crippen MR) is 75.7 cm³/mol. The maximum Gasteiger partial charge on any atom is 0.172 e. The van der Waals surface area contributed by atoms with Crippen molar-refractivity contribution in [2.75, 3.05) is 5.75 Å². The zero-order valence-corrected chi connectivity index (χ0v) is 11.7. The minimum atomic E-state index is 0.0325. The Morgan fingerprint density at radius 3 is 2.72 bits per heavy atom. The van der Waals surface area contributed by atoms with E-state index in [2.05, 4.69) is 0 Å². The number of hydrogen-bond acceptors (Lipinski definition) is 3. The fraction of sp³-hybridized carbons (Fsp3) is 0.154. The second kappa shape index (κ2) is 6.32. The topological polar surface area (TPSA) is 30.2 Å². The average molecular weight is 301 g/mol. The predicted octanol–water partition coefficient (Wildman–Crippen LogP) is 4.70. The van der Waals surface area contributed by atoms with Crippen LogP contribution in [0.2, 0.25) is 10.0 Å². The van der Waals surface area contributed by atoms with Crippen molar-refractivity contribution in [3.8, 4) is 0 Å². The molecule has 0 bridgehead atoms. The van der Waals surface area contributed by atoms with Crippen LogP contribution in [0, 0.1) is 0 Å². The number of halogens is 2. The van der Waals surface area contributed by atoms with Gasteiger partial charge in [-0.2, -0.15) is 0 Å². The van der Waals surface area contributed by atoms with Gasteiger partial charge in [0.25, 0.3) is 0 Å². The van der Waals surface area contributed by atoms with Crippen molar-refractivity contribution >= 4 is 40.7 Å². The first-order valence-electron chi connectivity index (χ1n) is 5.25. The second-order valence-electron chi connectivity index (χ2n) is 3.62. The van der Waals surface area contributed by atoms with Gasteiger partial charge in [0.1, 0.15) is 5.76 Å². The highest BCUT2D eigenvalue weighted by Gasteiger charge is 2.08. The number of Topliss-reactive ketones (excluding diaryl/α,β-unsaturated/α-hetero) is 1. The molecule has 18 heavy (non-hydrogen) atoms. The minimum Gasteiger partial charge on any atom is -0.468 e. The normalized spacial score (nSPS) is 10.6. The lowest BCUT2D eigenvalue weighted by Gasteiger charge is -2.02. The van der Waals surface area contributed by atoms with Crippen LogP contribution in [0.5, 0.6) is 0 Å². The summed E-state index contributed by atoms with van der Waals surface area (Å²) < 4.78 is 5.19. The van der Waals surface area contributed by atoms with E-state index in [1.54, 1.807) is 24.5 Å². The third-order valence-electron chi connectivity index (χ3n) is 2.30. The number of carbonyl (C=O) groups is 1. The number of rotatable bonds is 5. The Balaban J connectivity index is 1.89. The maximum atomic E-state index is 11.9. The standard InChI is InChI=1S/C13H10Cl2O2S/c14-11-4-3-9(6-12(11)15)13(16)8-18-7-10-2-1-5-17-10/h1-6H,7-8H2. The van der Waals surface area contributed by atoms with Crippen molar-refractivity contribution in [3.05, 3.63) is 58.0 Å². The molecule has 0 saturated carbocycles. The lowest BCUT2D eigenvalue weighted by atomic mass is 10.1. The Hall–Kier alpha value is -0.900. The summed E-state index contributed by atoms with van der Waals surface area (Å²) >= 11 is 13.2. The zero-order valence-electron chi connectivity index (χ0n) is 9.36.